The van der Waals surface area contributed by atoms with E-state index in [0.717, 1.165) is 22.4 Å². The number of hydrogen-bond donors (Lipinski definition) is 2. The molecule has 0 saturated carbocycles. The van der Waals surface area contributed by atoms with Crippen LogP contribution in [0.5, 0.6) is 0 Å². The molecule has 0 radical (unpaired) electrons. The number of nitrogens with two attached hydrogens (primary N) is 1. The minimum atomic E-state index is 0.308. The Morgan fingerprint density at radius 2 is 2.00 bits per heavy atom. The lowest BCUT2D eigenvalue weighted by Gasteiger charge is -2.13. The van der Waals surface area contributed by atoms with Crippen molar-refractivity contribution in [1.82, 2.24) is 10.2 Å². The Morgan fingerprint density at radius 3 is 2.65 bits per heavy atom. The van der Waals surface area contributed by atoms with E-state index in [-0.39, 0.29) is 0 Å². The van der Waals surface area contributed by atoms with Crippen molar-refractivity contribution in [3.8, 4) is 0 Å². The van der Waals surface area contributed by atoms with Crippen molar-refractivity contribution < 1.29 is 0 Å². The number of thiocarbonyl (C=S) groups is 1. The molecule has 2 rings (SSSR count). The average Bonchev–Trinajstić information content (AvgIpc) is 2.41. The third-order valence-corrected chi connectivity index (χ3v) is 3.68. The van der Waals surface area contributed by atoms with Gasteiger partial charge in [-0.1, -0.05) is 42.0 Å². The van der Waals surface area contributed by atoms with E-state index >= 15 is 0 Å². The fourth-order valence-electron chi connectivity index (χ4n) is 1.85. The molecule has 1 aromatic carbocycles. The summed E-state index contributed by atoms with van der Waals surface area (Å²) in [4.78, 5) is 0.308. The van der Waals surface area contributed by atoms with Gasteiger partial charge in [-0.2, -0.15) is 5.10 Å². The van der Waals surface area contributed by atoms with E-state index in [1.54, 1.807) is 0 Å². The van der Waals surface area contributed by atoms with E-state index in [4.69, 9.17) is 29.6 Å². The highest BCUT2D eigenvalue weighted by atomic mass is 35.5. The number of benzene rings is 1. The SMILES string of the molecule is Cc1nnc(NCc2ccccc2Cl)c(C(N)=S)c1C. The Bertz CT molecular complexity index is 658. The lowest BCUT2D eigenvalue weighted by molar-refractivity contribution is 0.943. The van der Waals surface area contributed by atoms with Crippen molar-refractivity contribution in [2.75, 3.05) is 5.32 Å². The molecule has 4 nitrogen and oxygen atoms in total. The first-order chi connectivity index (χ1) is 9.50. The number of aromatic nitrogens is 2. The Hall–Kier alpha value is -1.72. The van der Waals surface area contributed by atoms with Crippen molar-refractivity contribution in [2.45, 2.75) is 20.4 Å². The zero-order valence-corrected chi connectivity index (χ0v) is 12.8. The molecule has 0 unspecified atom stereocenters. The maximum atomic E-state index is 6.12. The van der Waals surface area contributed by atoms with E-state index < -0.39 is 0 Å². The summed E-state index contributed by atoms with van der Waals surface area (Å²) in [6.07, 6.45) is 0. The number of rotatable bonds is 4. The van der Waals surface area contributed by atoms with Crippen LogP contribution in [0.3, 0.4) is 0 Å². The molecule has 0 spiro atoms. The van der Waals surface area contributed by atoms with E-state index in [9.17, 15) is 0 Å². The molecule has 0 atom stereocenters. The quantitative estimate of drug-likeness (QED) is 0.850. The molecule has 1 heterocycles. The normalized spacial score (nSPS) is 10.3. The van der Waals surface area contributed by atoms with Crippen LogP contribution >= 0.6 is 23.8 Å². The summed E-state index contributed by atoms with van der Waals surface area (Å²) in [5, 5.41) is 12.1. The fraction of sp³-hybridized carbons (Fsp3) is 0.214. The highest BCUT2D eigenvalue weighted by Crippen LogP contribution is 2.21. The molecule has 0 amide bonds. The van der Waals surface area contributed by atoms with Gasteiger partial charge in [0.05, 0.1) is 11.3 Å². The van der Waals surface area contributed by atoms with Gasteiger partial charge in [-0.05, 0) is 31.0 Å². The van der Waals surface area contributed by atoms with Crippen LogP contribution in [0, 0.1) is 13.8 Å². The van der Waals surface area contributed by atoms with Gasteiger partial charge < -0.3 is 11.1 Å². The summed E-state index contributed by atoms with van der Waals surface area (Å²) < 4.78 is 0. The molecule has 0 aliphatic carbocycles. The molecule has 0 fully saturated rings. The summed E-state index contributed by atoms with van der Waals surface area (Å²) in [6, 6.07) is 7.62. The fourth-order valence-corrected chi connectivity index (χ4v) is 2.31. The van der Waals surface area contributed by atoms with Gasteiger partial charge in [0.25, 0.3) is 0 Å². The Balaban J connectivity index is 2.29. The van der Waals surface area contributed by atoms with E-state index in [0.29, 0.717) is 22.4 Å². The summed E-state index contributed by atoms with van der Waals surface area (Å²) in [6.45, 7) is 4.34. The minimum Gasteiger partial charge on any atom is -0.389 e. The van der Waals surface area contributed by atoms with Crippen LogP contribution in [-0.4, -0.2) is 15.2 Å². The van der Waals surface area contributed by atoms with Crippen LogP contribution in [0.25, 0.3) is 0 Å². The number of halogens is 1. The van der Waals surface area contributed by atoms with Gasteiger partial charge in [0, 0.05) is 11.6 Å². The number of anilines is 1. The summed E-state index contributed by atoms with van der Waals surface area (Å²) in [5.41, 5.74) is 9.25. The second-order valence-corrected chi connectivity index (χ2v) is 5.29. The molecule has 2 aromatic rings. The van der Waals surface area contributed by atoms with Crippen LogP contribution in [0.15, 0.2) is 24.3 Å². The van der Waals surface area contributed by atoms with Gasteiger partial charge in [-0.25, -0.2) is 0 Å². The van der Waals surface area contributed by atoms with Crippen molar-refractivity contribution in [3.05, 3.63) is 51.7 Å². The van der Waals surface area contributed by atoms with Crippen molar-refractivity contribution in [2.24, 2.45) is 5.73 Å². The summed E-state index contributed by atoms with van der Waals surface area (Å²) in [5.74, 6) is 0.584. The molecule has 0 bridgehead atoms. The smallest absolute Gasteiger partial charge is 0.159 e. The van der Waals surface area contributed by atoms with Crippen molar-refractivity contribution in [1.29, 1.82) is 0 Å². The van der Waals surface area contributed by atoms with Gasteiger partial charge in [0.15, 0.2) is 5.82 Å². The third kappa shape index (κ3) is 3.05. The summed E-state index contributed by atoms with van der Waals surface area (Å²) >= 11 is 11.2. The van der Waals surface area contributed by atoms with Crippen LogP contribution in [-0.2, 0) is 6.54 Å². The molecule has 20 heavy (non-hydrogen) atoms. The van der Waals surface area contributed by atoms with E-state index in [1.807, 2.05) is 38.1 Å². The maximum absolute atomic E-state index is 6.12. The molecule has 104 valence electrons. The highest BCUT2D eigenvalue weighted by molar-refractivity contribution is 7.80. The largest absolute Gasteiger partial charge is 0.389 e. The number of nitrogens with zero attached hydrogens (tertiary/aromatic N) is 2. The second-order valence-electron chi connectivity index (χ2n) is 4.44. The first-order valence-corrected chi connectivity index (χ1v) is 6.90. The van der Waals surface area contributed by atoms with Gasteiger partial charge in [0.2, 0.25) is 0 Å². The Labute approximate surface area is 128 Å². The van der Waals surface area contributed by atoms with Crippen molar-refractivity contribution >= 4 is 34.6 Å². The van der Waals surface area contributed by atoms with Crippen molar-refractivity contribution in [3.63, 3.8) is 0 Å². The molecule has 1 aromatic heterocycles. The van der Waals surface area contributed by atoms with Gasteiger partial charge in [-0.15, -0.1) is 5.10 Å². The molecule has 3 N–H and O–H groups in total. The molecular formula is C14H15ClN4S. The van der Waals surface area contributed by atoms with Crippen LogP contribution in [0.2, 0.25) is 5.02 Å². The van der Waals surface area contributed by atoms with Gasteiger partial charge >= 0.3 is 0 Å². The number of aryl methyl sites for hydroxylation is 1. The highest BCUT2D eigenvalue weighted by Gasteiger charge is 2.13. The number of nitrogens with one attached hydrogen (secondary N) is 1. The zero-order chi connectivity index (χ0) is 14.7. The molecule has 0 saturated heterocycles. The van der Waals surface area contributed by atoms with Gasteiger partial charge in [0.1, 0.15) is 4.99 Å². The standard InChI is InChI=1S/C14H15ClN4S/c1-8-9(2)18-19-14(12(8)13(16)20)17-7-10-5-3-4-6-11(10)15/h3-6H,7H2,1-2H3,(H2,16,20)(H,17,19). The molecule has 0 aliphatic heterocycles. The van der Waals surface area contributed by atoms with Crippen LogP contribution in [0.1, 0.15) is 22.4 Å². The third-order valence-electron chi connectivity index (χ3n) is 3.11. The first kappa shape index (κ1) is 14.7. The first-order valence-electron chi connectivity index (χ1n) is 6.11. The number of hydrogen-bond acceptors (Lipinski definition) is 4. The summed E-state index contributed by atoms with van der Waals surface area (Å²) in [7, 11) is 0. The molecular weight excluding hydrogens is 292 g/mol. The minimum absolute atomic E-state index is 0.308. The average molecular weight is 307 g/mol. The lowest BCUT2D eigenvalue weighted by atomic mass is 10.1. The van der Waals surface area contributed by atoms with Crippen LogP contribution < -0.4 is 11.1 Å². The maximum Gasteiger partial charge on any atom is 0.159 e. The van der Waals surface area contributed by atoms with E-state index in [1.165, 1.54) is 0 Å². The second kappa shape index (κ2) is 6.15. The molecule has 0 aliphatic rings. The van der Waals surface area contributed by atoms with Gasteiger partial charge in [-0.3, -0.25) is 0 Å². The monoisotopic (exact) mass is 306 g/mol. The Kier molecular flexibility index (Phi) is 4.52. The zero-order valence-electron chi connectivity index (χ0n) is 11.3. The van der Waals surface area contributed by atoms with Crippen LogP contribution in [0.4, 0.5) is 5.82 Å². The predicted octanol–water partition coefficient (Wildman–Crippen LogP) is 2.99. The Morgan fingerprint density at radius 1 is 1.30 bits per heavy atom. The van der Waals surface area contributed by atoms with E-state index in [2.05, 4.69) is 15.5 Å². The predicted molar refractivity (Wildman–Crippen MR) is 86.2 cm³/mol. The lowest BCUT2D eigenvalue weighted by Crippen LogP contribution is -2.18. The molecule has 6 heteroatoms. The topological polar surface area (TPSA) is 63.8 Å².